The van der Waals surface area contributed by atoms with E-state index >= 15 is 0 Å². The number of sulfonamides is 1. The second kappa shape index (κ2) is 5.03. The number of benzene rings is 1. The van der Waals surface area contributed by atoms with Crippen LogP contribution in [0.2, 0.25) is 5.02 Å². The Kier molecular flexibility index (Phi) is 4.18. The molecule has 0 saturated heterocycles. The van der Waals surface area contributed by atoms with Crippen molar-refractivity contribution in [3.05, 3.63) is 28.8 Å². The Balaban J connectivity index is 3.01. The van der Waals surface area contributed by atoms with E-state index in [0.717, 1.165) is 5.56 Å². The largest absolute Gasteiger partial charge is 0.395 e. The van der Waals surface area contributed by atoms with E-state index in [1.165, 1.54) is 6.92 Å². The fraction of sp³-hybridized carbons (Fsp3) is 0.400. The molecule has 16 heavy (non-hydrogen) atoms. The SMILES string of the molecule is Cc1ccc(Cl)c(NS(=O)(=O)C(C)CO)c1. The molecule has 2 N–H and O–H groups in total. The zero-order valence-electron chi connectivity index (χ0n) is 9.07. The summed E-state index contributed by atoms with van der Waals surface area (Å²) in [5, 5.41) is 8.28. The average molecular weight is 264 g/mol. The van der Waals surface area contributed by atoms with Crippen molar-refractivity contribution in [1.82, 2.24) is 0 Å². The fourth-order valence-corrected chi connectivity index (χ4v) is 2.16. The molecule has 0 heterocycles. The molecule has 0 aliphatic heterocycles. The highest BCUT2D eigenvalue weighted by Crippen LogP contribution is 2.24. The summed E-state index contributed by atoms with van der Waals surface area (Å²) < 4.78 is 25.7. The van der Waals surface area contributed by atoms with Crippen LogP contribution in [0.4, 0.5) is 5.69 Å². The summed E-state index contributed by atoms with van der Waals surface area (Å²) in [6.07, 6.45) is 0. The van der Waals surface area contributed by atoms with E-state index in [2.05, 4.69) is 4.72 Å². The van der Waals surface area contributed by atoms with Gasteiger partial charge < -0.3 is 5.11 Å². The molecule has 0 fully saturated rings. The summed E-state index contributed by atoms with van der Waals surface area (Å²) in [5.74, 6) is 0. The molecule has 0 saturated carbocycles. The van der Waals surface area contributed by atoms with Gasteiger partial charge >= 0.3 is 0 Å². The van der Waals surface area contributed by atoms with Crippen LogP contribution < -0.4 is 4.72 Å². The third-order valence-electron chi connectivity index (χ3n) is 2.16. The Hall–Kier alpha value is -0.780. The minimum absolute atomic E-state index is 0.333. The highest BCUT2D eigenvalue weighted by molar-refractivity contribution is 7.93. The average Bonchev–Trinajstić information content (AvgIpc) is 2.22. The van der Waals surface area contributed by atoms with Crippen molar-refractivity contribution in [2.24, 2.45) is 0 Å². The summed E-state index contributed by atoms with van der Waals surface area (Å²) in [4.78, 5) is 0. The zero-order valence-corrected chi connectivity index (χ0v) is 10.6. The standard InChI is InChI=1S/C10H14ClNO3S/c1-7-3-4-9(11)10(5-7)12-16(14,15)8(2)6-13/h3-5,8,12-13H,6H2,1-2H3. The first-order valence-corrected chi connectivity index (χ1v) is 6.68. The van der Waals surface area contributed by atoms with Crippen molar-refractivity contribution in [3.8, 4) is 0 Å². The number of hydrogen-bond donors (Lipinski definition) is 2. The normalized spacial score (nSPS) is 13.5. The van der Waals surface area contributed by atoms with E-state index in [0.29, 0.717) is 10.7 Å². The predicted molar refractivity (Wildman–Crippen MR) is 65.3 cm³/mol. The molecule has 0 bridgehead atoms. The van der Waals surface area contributed by atoms with E-state index in [1.54, 1.807) is 18.2 Å². The first kappa shape index (κ1) is 13.3. The van der Waals surface area contributed by atoms with Gasteiger partial charge in [-0.15, -0.1) is 0 Å². The van der Waals surface area contributed by atoms with Gasteiger partial charge in [0, 0.05) is 0 Å². The number of nitrogens with one attached hydrogen (secondary N) is 1. The van der Waals surface area contributed by atoms with Crippen molar-refractivity contribution in [2.45, 2.75) is 19.1 Å². The molecule has 0 aliphatic rings. The molecule has 0 amide bonds. The highest BCUT2D eigenvalue weighted by atomic mass is 35.5. The molecule has 1 atom stereocenters. The molecule has 0 aromatic heterocycles. The fourth-order valence-electron chi connectivity index (χ4n) is 1.07. The molecular weight excluding hydrogens is 250 g/mol. The van der Waals surface area contributed by atoms with Gasteiger partial charge in [0.2, 0.25) is 10.0 Å². The Morgan fingerprint density at radius 2 is 2.12 bits per heavy atom. The van der Waals surface area contributed by atoms with Gasteiger partial charge in [-0.25, -0.2) is 8.42 Å². The summed E-state index contributed by atoms with van der Waals surface area (Å²) in [7, 11) is -3.59. The summed E-state index contributed by atoms with van der Waals surface area (Å²) >= 11 is 5.86. The van der Waals surface area contributed by atoms with Crippen LogP contribution in [0, 0.1) is 6.92 Å². The second-order valence-corrected chi connectivity index (χ2v) is 6.13. The first-order valence-electron chi connectivity index (χ1n) is 4.75. The molecule has 6 heteroatoms. The lowest BCUT2D eigenvalue weighted by Crippen LogP contribution is -2.28. The minimum Gasteiger partial charge on any atom is -0.395 e. The summed E-state index contributed by atoms with van der Waals surface area (Å²) in [6, 6.07) is 5.05. The second-order valence-electron chi connectivity index (χ2n) is 3.62. The van der Waals surface area contributed by atoms with E-state index in [4.69, 9.17) is 16.7 Å². The molecule has 0 spiro atoms. The van der Waals surface area contributed by atoms with Crippen molar-refractivity contribution in [3.63, 3.8) is 0 Å². The number of aliphatic hydroxyl groups is 1. The molecular formula is C10H14ClNO3S. The van der Waals surface area contributed by atoms with Crippen molar-refractivity contribution < 1.29 is 13.5 Å². The maximum absolute atomic E-state index is 11.7. The molecule has 1 unspecified atom stereocenters. The first-order chi connectivity index (χ1) is 7.36. The predicted octanol–water partition coefficient (Wildman–Crippen LogP) is 1.77. The number of anilines is 1. The van der Waals surface area contributed by atoms with Gasteiger partial charge in [0.05, 0.1) is 17.3 Å². The molecule has 1 aromatic carbocycles. The Bertz CT molecular complexity index is 473. The van der Waals surface area contributed by atoms with Crippen LogP contribution in [0.15, 0.2) is 18.2 Å². The van der Waals surface area contributed by atoms with Crippen LogP contribution in [0.5, 0.6) is 0 Å². The molecule has 4 nitrogen and oxygen atoms in total. The smallest absolute Gasteiger partial charge is 0.237 e. The minimum atomic E-state index is -3.59. The van der Waals surface area contributed by atoms with Gasteiger partial charge in [0.15, 0.2) is 0 Å². The summed E-state index contributed by atoms with van der Waals surface area (Å²) in [5.41, 5.74) is 1.24. The number of aryl methyl sites for hydroxylation is 1. The molecule has 0 aliphatic carbocycles. The monoisotopic (exact) mass is 263 g/mol. The van der Waals surface area contributed by atoms with Gasteiger partial charge in [-0.3, -0.25) is 4.72 Å². The van der Waals surface area contributed by atoms with Gasteiger partial charge in [-0.1, -0.05) is 17.7 Å². The molecule has 1 rings (SSSR count). The van der Waals surface area contributed by atoms with E-state index in [9.17, 15) is 8.42 Å². The van der Waals surface area contributed by atoms with Crippen LogP contribution in [0.25, 0.3) is 0 Å². The summed E-state index contributed by atoms with van der Waals surface area (Å²) in [6.45, 7) is 2.83. The third-order valence-corrected chi connectivity index (χ3v) is 4.20. The molecule has 1 aromatic rings. The van der Waals surface area contributed by atoms with Crippen LogP contribution in [0.3, 0.4) is 0 Å². The molecule has 0 radical (unpaired) electrons. The van der Waals surface area contributed by atoms with Crippen LogP contribution >= 0.6 is 11.6 Å². The topological polar surface area (TPSA) is 66.4 Å². The number of halogens is 1. The van der Waals surface area contributed by atoms with Gasteiger partial charge in [-0.05, 0) is 31.5 Å². The van der Waals surface area contributed by atoms with Gasteiger partial charge in [-0.2, -0.15) is 0 Å². The number of rotatable bonds is 4. The number of hydrogen-bond acceptors (Lipinski definition) is 3. The van der Waals surface area contributed by atoms with Crippen molar-refractivity contribution >= 4 is 27.3 Å². The maximum atomic E-state index is 11.7. The van der Waals surface area contributed by atoms with Crippen molar-refractivity contribution in [2.75, 3.05) is 11.3 Å². The maximum Gasteiger partial charge on any atom is 0.237 e. The van der Waals surface area contributed by atoms with E-state index in [1.807, 2.05) is 6.92 Å². The lowest BCUT2D eigenvalue weighted by Gasteiger charge is -2.13. The zero-order chi connectivity index (χ0) is 12.3. The van der Waals surface area contributed by atoms with E-state index < -0.39 is 21.9 Å². The van der Waals surface area contributed by atoms with Gasteiger partial charge in [0.25, 0.3) is 0 Å². The van der Waals surface area contributed by atoms with Crippen LogP contribution in [-0.2, 0) is 10.0 Å². The van der Waals surface area contributed by atoms with E-state index in [-0.39, 0.29) is 0 Å². The Morgan fingerprint density at radius 3 is 2.69 bits per heavy atom. The lowest BCUT2D eigenvalue weighted by atomic mass is 10.2. The Morgan fingerprint density at radius 1 is 1.50 bits per heavy atom. The Labute approximate surface area is 100 Å². The quantitative estimate of drug-likeness (QED) is 0.870. The lowest BCUT2D eigenvalue weighted by molar-refractivity contribution is 0.296. The third kappa shape index (κ3) is 3.10. The highest BCUT2D eigenvalue weighted by Gasteiger charge is 2.20. The van der Waals surface area contributed by atoms with Gasteiger partial charge in [0.1, 0.15) is 5.25 Å². The van der Waals surface area contributed by atoms with Crippen LogP contribution in [-0.4, -0.2) is 25.4 Å². The van der Waals surface area contributed by atoms with Crippen LogP contribution in [0.1, 0.15) is 12.5 Å². The molecule has 90 valence electrons. The number of aliphatic hydroxyl groups excluding tert-OH is 1. The van der Waals surface area contributed by atoms with Crippen molar-refractivity contribution in [1.29, 1.82) is 0 Å².